The van der Waals surface area contributed by atoms with E-state index in [1.807, 2.05) is 12.1 Å². The first kappa shape index (κ1) is 20.3. The number of amides is 1. The van der Waals surface area contributed by atoms with Crippen molar-refractivity contribution in [1.82, 2.24) is 0 Å². The Kier molecular flexibility index (Phi) is 7.67. The molecule has 0 aliphatic carbocycles. The summed E-state index contributed by atoms with van der Waals surface area (Å²) in [6, 6.07) is 14.8. The minimum atomic E-state index is -0.399. The molecule has 2 rings (SSSR count). The van der Waals surface area contributed by atoms with Gasteiger partial charge in [0, 0.05) is 43.1 Å². The second-order valence-electron chi connectivity index (χ2n) is 6.01. The van der Waals surface area contributed by atoms with Gasteiger partial charge in [-0.25, -0.2) is 4.79 Å². The number of ether oxygens (including phenoxy) is 1. The number of methoxy groups -OCH3 is 1. The van der Waals surface area contributed by atoms with E-state index in [4.69, 9.17) is 0 Å². The minimum Gasteiger partial charge on any atom is -0.465 e. The van der Waals surface area contributed by atoms with Gasteiger partial charge in [-0.15, -0.1) is 0 Å². The van der Waals surface area contributed by atoms with E-state index in [9.17, 15) is 9.59 Å². The van der Waals surface area contributed by atoms with E-state index in [0.717, 1.165) is 18.8 Å². The van der Waals surface area contributed by atoms with Crippen molar-refractivity contribution < 1.29 is 14.3 Å². The van der Waals surface area contributed by atoms with Crippen LogP contribution in [0.15, 0.2) is 48.5 Å². The molecular formula is C21H27N3O3. The maximum atomic E-state index is 12.0. The van der Waals surface area contributed by atoms with Crippen LogP contribution >= 0.6 is 0 Å². The SMILES string of the molecule is CCN(CC)c1ccc(NCCC(=O)Nc2ccc(C(=O)OC)cc2)cc1. The van der Waals surface area contributed by atoms with E-state index in [1.54, 1.807) is 24.3 Å². The number of rotatable bonds is 9. The summed E-state index contributed by atoms with van der Waals surface area (Å²) < 4.78 is 4.65. The summed E-state index contributed by atoms with van der Waals surface area (Å²) >= 11 is 0. The fourth-order valence-corrected chi connectivity index (χ4v) is 2.73. The van der Waals surface area contributed by atoms with Gasteiger partial charge in [0.2, 0.25) is 5.91 Å². The third kappa shape index (κ3) is 6.02. The molecule has 0 atom stereocenters. The van der Waals surface area contributed by atoms with Crippen LogP contribution in [0, 0.1) is 0 Å². The zero-order valence-corrected chi connectivity index (χ0v) is 16.1. The molecule has 0 aliphatic rings. The van der Waals surface area contributed by atoms with Gasteiger partial charge in [-0.2, -0.15) is 0 Å². The molecule has 0 fully saturated rings. The van der Waals surface area contributed by atoms with Gasteiger partial charge in [-0.05, 0) is 62.4 Å². The van der Waals surface area contributed by atoms with Crippen LogP contribution in [0.3, 0.4) is 0 Å². The molecular weight excluding hydrogens is 342 g/mol. The molecule has 1 amide bonds. The van der Waals surface area contributed by atoms with Gasteiger partial charge in [-0.1, -0.05) is 0 Å². The normalized spacial score (nSPS) is 10.2. The summed E-state index contributed by atoms with van der Waals surface area (Å²) in [7, 11) is 1.34. The third-order valence-electron chi connectivity index (χ3n) is 4.27. The second-order valence-corrected chi connectivity index (χ2v) is 6.01. The Morgan fingerprint density at radius 1 is 0.926 bits per heavy atom. The lowest BCUT2D eigenvalue weighted by molar-refractivity contribution is -0.115. The van der Waals surface area contributed by atoms with Crippen molar-refractivity contribution in [2.75, 3.05) is 42.3 Å². The third-order valence-corrected chi connectivity index (χ3v) is 4.27. The van der Waals surface area contributed by atoms with Crippen molar-refractivity contribution >= 4 is 28.9 Å². The molecule has 6 nitrogen and oxygen atoms in total. The molecule has 0 unspecified atom stereocenters. The number of esters is 1. The lowest BCUT2D eigenvalue weighted by Crippen LogP contribution is -2.21. The standard InChI is InChI=1S/C21H27N3O3/c1-4-24(5-2)19-12-10-17(11-13-19)22-15-14-20(25)23-18-8-6-16(7-9-18)21(26)27-3/h6-13,22H,4-5,14-15H2,1-3H3,(H,23,25). The van der Waals surface area contributed by atoms with Crippen molar-refractivity contribution in [3.63, 3.8) is 0 Å². The number of hydrogen-bond acceptors (Lipinski definition) is 5. The summed E-state index contributed by atoms with van der Waals surface area (Å²) in [5, 5.41) is 6.07. The Balaban J connectivity index is 1.78. The molecule has 0 saturated carbocycles. The number of benzene rings is 2. The molecule has 2 N–H and O–H groups in total. The monoisotopic (exact) mass is 369 g/mol. The molecule has 0 bridgehead atoms. The second kappa shape index (κ2) is 10.2. The van der Waals surface area contributed by atoms with Crippen LogP contribution in [0.25, 0.3) is 0 Å². The number of nitrogens with one attached hydrogen (secondary N) is 2. The van der Waals surface area contributed by atoms with Gasteiger partial charge in [0.25, 0.3) is 0 Å². The van der Waals surface area contributed by atoms with Crippen molar-refractivity contribution in [1.29, 1.82) is 0 Å². The number of hydrogen-bond donors (Lipinski definition) is 2. The van der Waals surface area contributed by atoms with E-state index in [2.05, 4.69) is 46.3 Å². The lowest BCUT2D eigenvalue weighted by atomic mass is 10.2. The number of anilines is 3. The van der Waals surface area contributed by atoms with E-state index in [1.165, 1.54) is 12.8 Å². The van der Waals surface area contributed by atoms with Crippen molar-refractivity contribution in [2.45, 2.75) is 20.3 Å². The van der Waals surface area contributed by atoms with E-state index in [-0.39, 0.29) is 5.91 Å². The van der Waals surface area contributed by atoms with Crippen LogP contribution in [0.2, 0.25) is 0 Å². The first-order valence-electron chi connectivity index (χ1n) is 9.14. The Morgan fingerprint density at radius 3 is 2.07 bits per heavy atom. The Labute approximate surface area is 160 Å². The molecule has 2 aromatic rings. The first-order chi connectivity index (χ1) is 13.1. The molecule has 0 aromatic heterocycles. The summed E-state index contributed by atoms with van der Waals surface area (Å²) in [4.78, 5) is 25.7. The fraction of sp³-hybridized carbons (Fsp3) is 0.333. The maximum Gasteiger partial charge on any atom is 0.337 e. The Bertz CT molecular complexity index is 738. The number of carbonyl (C=O) groups excluding carboxylic acids is 2. The fourth-order valence-electron chi connectivity index (χ4n) is 2.73. The van der Waals surface area contributed by atoms with Crippen LogP contribution in [-0.2, 0) is 9.53 Å². The van der Waals surface area contributed by atoms with E-state index < -0.39 is 5.97 Å². The lowest BCUT2D eigenvalue weighted by Gasteiger charge is -2.21. The zero-order valence-electron chi connectivity index (χ0n) is 16.1. The van der Waals surface area contributed by atoms with Crippen molar-refractivity contribution in [3.8, 4) is 0 Å². The summed E-state index contributed by atoms with van der Waals surface area (Å²) in [6.07, 6.45) is 0.344. The molecule has 6 heteroatoms. The maximum absolute atomic E-state index is 12.0. The van der Waals surface area contributed by atoms with E-state index >= 15 is 0 Å². The zero-order chi connectivity index (χ0) is 19.6. The van der Waals surface area contributed by atoms with Crippen LogP contribution < -0.4 is 15.5 Å². The molecule has 27 heavy (non-hydrogen) atoms. The van der Waals surface area contributed by atoms with Crippen LogP contribution in [0.1, 0.15) is 30.6 Å². The summed E-state index contributed by atoms with van der Waals surface area (Å²) in [5.41, 5.74) is 3.28. The highest BCUT2D eigenvalue weighted by Gasteiger charge is 2.07. The van der Waals surface area contributed by atoms with Gasteiger partial charge in [0.05, 0.1) is 12.7 Å². The average Bonchev–Trinajstić information content (AvgIpc) is 2.70. The van der Waals surface area contributed by atoms with Crippen LogP contribution in [0.5, 0.6) is 0 Å². The molecule has 2 aromatic carbocycles. The van der Waals surface area contributed by atoms with Crippen LogP contribution in [-0.4, -0.2) is 38.6 Å². The molecule has 144 valence electrons. The molecule has 0 radical (unpaired) electrons. The molecule has 0 saturated heterocycles. The first-order valence-corrected chi connectivity index (χ1v) is 9.14. The van der Waals surface area contributed by atoms with Crippen molar-refractivity contribution in [2.24, 2.45) is 0 Å². The molecule has 0 aliphatic heterocycles. The predicted octanol–water partition coefficient (Wildman–Crippen LogP) is 3.76. The molecule has 0 heterocycles. The Morgan fingerprint density at radius 2 is 1.52 bits per heavy atom. The largest absolute Gasteiger partial charge is 0.465 e. The highest BCUT2D eigenvalue weighted by Crippen LogP contribution is 2.17. The van der Waals surface area contributed by atoms with Crippen molar-refractivity contribution in [3.05, 3.63) is 54.1 Å². The summed E-state index contributed by atoms with van der Waals surface area (Å²) in [5.74, 6) is -0.489. The Hall–Kier alpha value is -3.02. The van der Waals surface area contributed by atoms with Gasteiger partial charge in [0.1, 0.15) is 0 Å². The van der Waals surface area contributed by atoms with Gasteiger partial charge in [-0.3, -0.25) is 4.79 Å². The number of nitrogens with zero attached hydrogens (tertiary/aromatic N) is 1. The van der Waals surface area contributed by atoms with Gasteiger partial charge in [0.15, 0.2) is 0 Å². The van der Waals surface area contributed by atoms with E-state index in [0.29, 0.717) is 24.2 Å². The van der Waals surface area contributed by atoms with Gasteiger partial charge >= 0.3 is 5.97 Å². The minimum absolute atomic E-state index is 0.0897. The highest BCUT2D eigenvalue weighted by molar-refractivity contribution is 5.93. The predicted molar refractivity (Wildman–Crippen MR) is 110 cm³/mol. The smallest absolute Gasteiger partial charge is 0.337 e. The topological polar surface area (TPSA) is 70.7 Å². The number of carbonyl (C=O) groups is 2. The summed E-state index contributed by atoms with van der Waals surface area (Å²) in [6.45, 7) is 6.76. The van der Waals surface area contributed by atoms with Gasteiger partial charge < -0.3 is 20.3 Å². The molecule has 0 spiro atoms. The van der Waals surface area contributed by atoms with Crippen LogP contribution in [0.4, 0.5) is 17.1 Å². The quantitative estimate of drug-likeness (QED) is 0.659. The highest BCUT2D eigenvalue weighted by atomic mass is 16.5. The average molecular weight is 369 g/mol.